The van der Waals surface area contributed by atoms with E-state index in [2.05, 4.69) is 4.98 Å². The maximum Gasteiger partial charge on any atom is 0.266 e. The lowest BCUT2D eigenvalue weighted by atomic mass is 10.2. The summed E-state index contributed by atoms with van der Waals surface area (Å²) in [6.07, 6.45) is 1.43. The molecule has 90 valence electrons. The van der Waals surface area contributed by atoms with Crippen LogP contribution in [0.2, 0.25) is 0 Å². The number of primary amides is 1. The van der Waals surface area contributed by atoms with Crippen LogP contribution in [0, 0.1) is 6.92 Å². The minimum Gasteiger partial charge on any atom is -0.366 e. The normalized spacial score (nSPS) is 11.2. The highest BCUT2D eigenvalue weighted by atomic mass is 32.1. The van der Waals surface area contributed by atoms with Crippen molar-refractivity contribution < 1.29 is 4.79 Å². The number of rotatable bonds is 1. The van der Waals surface area contributed by atoms with Crippen LogP contribution in [0.3, 0.4) is 0 Å². The second kappa shape index (κ2) is 3.64. The Labute approximate surface area is 105 Å². The maximum atomic E-state index is 12.3. The van der Waals surface area contributed by atoms with Gasteiger partial charge >= 0.3 is 0 Å². The number of fused-ring (bicyclic) bond motifs is 2. The van der Waals surface area contributed by atoms with E-state index in [0.29, 0.717) is 15.9 Å². The molecule has 0 aliphatic heterocycles. The molecule has 0 saturated carbocycles. The second-order valence-corrected chi connectivity index (χ2v) is 5.24. The highest BCUT2D eigenvalue weighted by Crippen LogP contribution is 2.20. The maximum absolute atomic E-state index is 12.3. The Morgan fingerprint density at radius 3 is 2.94 bits per heavy atom. The van der Waals surface area contributed by atoms with Crippen LogP contribution < -0.4 is 11.3 Å². The summed E-state index contributed by atoms with van der Waals surface area (Å²) in [5, 5.41) is 0.566. The summed E-state index contributed by atoms with van der Waals surface area (Å²) in [6.45, 7) is 1.93. The Morgan fingerprint density at radius 1 is 1.44 bits per heavy atom. The van der Waals surface area contributed by atoms with Gasteiger partial charge in [0.05, 0.1) is 10.9 Å². The topological polar surface area (TPSA) is 77.5 Å². The summed E-state index contributed by atoms with van der Waals surface area (Å²) in [5.41, 5.74) is 5.82. The number of pyridine rings is 1. The standard InChI is InChI=1S/C12H9N3O2S/c1-6-4-8-11(18-6)14-9-3-2-7(10(13)16)5-15(9)12(8)17/h2-5H,1H3,(H2,13,16). The number of carbonyl (C=O) groups excluding carboxylic acids is 1. The lowest BCUT2D eigenvalue weighted by Gasteiger charge is -2.02. The molecule has 0 bridgehead atoms. The Kier molecular flexibility index (Phi) is 2.21. The molecule has 5 nitrogen and oxygen atoms in total. The number of hydrogen-bond donors (Lipinski definition) is 1. The Morgan fingerprint density at radius 2 is 2.22 bits per heavy atom. The van der Waals surface area contributed by atoms with E-state index in [1.54, 1.807) is 18.2 Å². The first-order valence-corrected chi connectivity index (χ1v) is 6.10. The van der Waals surface area contributed by atoms with E-state index in [0.717, 1.165) is 4.88 Å². The number of amides is 1. The SMILES string of the molecule is Cc1cc2c(=O)n3cc(C(N)=O)ccc3nc2s1. The van der Waals surface area contributed by atoms with Gasteiger partial charge in [-0.05, 0) is 25.1 Å². The zero-order valence-electron chi connectivity index (χ0n) is 9.51. The molecule has 1 amide bonds. The molecule has 2 N–H and O–H groups in total. The molecule has 0 atom stereocenters. The van der Waals surface area contributed by atoms with E-state index in [-0.39, 0.29) is 11.1 Å². The Balaban J connectivity index is 2.48. The van der Waals surface area contributed by atoms with Gasteiger partial charge in [0.15, 0.2) is 0 Å². The molecule has 0 aromatic carbocycles. The third kappa shape index (κ3) is 1.50. The van der Waals surface area contributed by atoms with Crippen LogP contribution in [0.25, 0.3) is 15.9 Å². The van der Waals surface area contributed by atoms with E-state index < -0.39 is 5.91 Å². The van der Waals surface area contributed by atoms with Gasteiger partial charge in [-0.2, -0.15) is 0 Å². The Hall–Kier alpha value is -2.21. The fraction of sp³-hybridized carbons (Fsp3) is 0.0833. The predicted molar refractivity (Wildman–Crippen MR) is 70.1 cm³/mol. The van der Waals surface area contributed by atoms with Crippen molar-refractivity contribution in [1.82, 2.24) is 9.38 Å². The van der Waals surface area contributed by atoms with Gasteiger partial charge in [-0.3, -0.25) is 14.0 Å². The van der Waals surface area contributed by atoms with E-state index in [4.69, 9.17) is 5.73 Å². The molecule has 0 aliphatic carbocycles. The van der Waals surface area contributed by atoms with Crippen LogP contribution in [0.5, 0.6) is 0 Å². The van der Waals surface area contributed by atoms with E-state index in [1.807, 2.05) is 6.92 Å². The van der Waals surface area contributed by atoms with Crippen LogP contribution >= 0.6 is 11.3 Å². The summed E-state index contributed by atoms with van der Waals surface area (Å²) in [5.74, 6) is -0.564. The molecule has 6 heteroatoms. The van der Waals surface area contributed by atoms with Crippen molar-refractivity contribution in [3.8, 4) is 0 Å². The minimum absolute atomic E-state index is 0.178. The first-order valence-electron chi connectivity index (χ1n) is 5.28. The van der Waals surface area contributed by atoms with Crippen molar-refractivity contribution in [3.05, 3.63) is 45.2 Å². The zero-order chi connectivity index (χ0) is 12.9. The van der Waals surface area contributed by atoms with E-state index in [9.17, 15) is 9.59 Å². The third-order valence-corrected chi connectivity index (χ3v) is 3.66. The molecule has 3 aromatic rings. The van der Waals surface area contributed by atoms with Crippen LogP contribution in [0.15, 0.2) is 29.2 Å². The number of hydrogen-bond acceptors (Lipinski definition) is 4. The third-order valence-electron chi connectivity index (χ3n) is 2.71. The van der Waals surface area contributed by atoms with Gasteiger partial charge in [-0.15, -0.1) is 11.3 Å². The van der Waals surface area contributed by atoms with Crippen LogP contribution in [-0.4, -0.2) is 15.3 Å². The molecule has 0 fully saturated rings. The van der Waals surface area contributed by atoms with Gasteiger partial charge in [-0.1, -0.05) is 0 Å². The van der Waals surface area contributed by atoms with Gasteiger partial charge in [0, 0.05) is 11.1 Å². The average molecular weight is 259 g/mol. The number of carbonyl (C=O) groups is 1. The van der Waals surface area contributed by atoms with Crippen LogP contribution in [0.1, 0.15) is 15.2 Å². The van der Waals surface area contributed by atoms with Crippen molar-refractivity contribution in [2.24, 2.45) is 5.73 Å². The summed E-state index contributed by atoms with van der Waals surface area (Å²) in [6, 6.07) is 4.99. The molecule has 3 heterocycles. The highest BCUT2D eigenvalue weighted by molar-refractivity contribution is 7.18. The van der Waals surface area contributed by atoms with Gasteiger partial charge in [0.1, 0.15) is 10.5 Å². The van der Waals surface area contributed by atoms with Crippen molar-refractivity contribution in [2.45, 2.75) is 6.92 Å². The van der Waals surface area contributed by atoms with Gasteiger partial charge in [0.2, 0.25) is 5.91 Å². The summed E-state index contributed by atoms with van der Waals surface area (Å²) in [7, 11) is 0. The number of thiophene rings is 1. The smallest absolute Gasteiger partial charge is 0.266 e. The van der Waals surface area contributed by atoms with Crippen molar-refractivity contribution in [1.29, 1.82) is 0 Å². The van der Waals surface area contributed by atoms with E-state index in [1.165, 1.54) is 21.9 Å². The lowest BCUT2D eigenvalue weighted by molar-refractivity contribution is 0.1000. The fourth-order valence-electron chi connectivity index (χ4n) is 1.86. The Bertz CT molecular complexity index is 848. The number of aryl methyl sites for hydroxylation is 1. The molecule has 0 radical (unpaired) electrons. The van der Waals surface area contributed by atoms with Crippen molar-refractivity contribution >= 4 is 33.1 Å². The molecular formula is C12H9N3O2S. The second-order valence-electron chi connectivity index (χ2n) is 4.00. The predicted octanol–water partition coefficient (Wildman–Crippen LogP) is 1.32. The molecule has 0 spiro atoms. The highest BCUT2D eigenvalue weighted by Gasteiger charge is 2.09. The number of aromatic nitrogens is 2. The first-order chi connectivity index (χ1) is 8.56. The molecule has 0 unspecified atom stereocenters. The summed E-state index contributed by atoms with van der Waals surface area (Å²) < 4.78 is 1.36. The molecular weight excluding hydrogens is 250 g/mol. The largest absolute Gasteiger partial charge is 0.366 e. The molecule has 18 heavy (non-hydrogen) atoms. The summed E-state index contributed by atoms with van der Waals surface area (Å²) >= 11 is 1.48. The van der Waals surface area contributed by atoms with Gasteiger partial charge in [-0.25, -0.2) is 4.98 Å². The van der Waals surface area contributed by atoms with Gasteiger partial charge < -0.3 is 5.73 Å². The van der Waals surface area contributed by atoms with Gasteiger partial charge in [0.25, 0.3) is 5.56 Å². The summed E-state index contributed by atoms with van der Waals surface area (Å²) in [4.78, 5) is 29.5. The molecule has 3 aromatic heterocycles. The zero-order valence-corrected chi connectivity index (χ0v) is 10.3. The first kappa shape index (κ1) is 10.9. The quantitative estimate of drug-likeness (QED) is 0.716. The minimum atomic E-state index is -0.564. The fourth-order valence-corrected chi connectivity index (χ4v) is 2.74. The number of nitrogens with zero attached hydrogens (tertiary/aromatic N) is 2. The average Bonchev–Trinajstić information content (AvgIpc) is 2.70. The van der Waals surface area contributed by atoms with Crippen molar-refractivity contribution in [2.75, 3.05) is 0 Å². The molecule has 3 rings (SSSR count). The van der Waals surface area contributed by atoms with E-state index >= 15 is 0 Å². The monoisotopic (exact) mass is 259 g/mol. The van der Waals surface area contributed by atoms with Crippen LogP contribution in [0.4, 0.5) is 0 Å². The molecule has 0 saturated heterocycles. The molecule has 0 aliphatic rings. The number of nitrogens with two attached hydrogens (primary N) is 1. The van der Waals surface area contributed by atoms with Crippen LogP contribution in [-0.2, 0) is 0 Å². The van der Waals surface area contributed by atoms with Crippen molar-refractivity contribution in [3.63, 3.8) is 0 Å². The lowest BCUT2D eigenvalue weighted by Crippen LogP contribution is -2.18.